The fraction of sp³-hybridized carbons (Fsp3) is 0.647. The largest absolute Gasteiger partial charge is 0.495 e. The molecule has 5 heteroatoms. The molecule has 22 heavy (non-hydrogen) atoms. The molecule has 0 saturated carbocycles. The van der Waals surface area contributed by atoms with Gasteiger partial charge in [0, 0.05) is 25.7 Å². The van der Waals surface area contributed by atoms with E-state index in [9.17, 15) is 5.11 Å². The van der Waals surface area contributed by atoms with E-state index in [2.05, 4.69) is 16.3 Å². The van der Waals surface area contributed by atoms with Gasteiger partial charge >= 0.3 is 0 Å². The van der Waals surface area contributed by atoms with Crippen molar-refractivity contribution in [3.63, 3.8) is 0 Å². The fourth-order valence-corrected chi connectivity index (χ4v) is 3.32. The van der Waals surface area contributed by atoms with Crippen molar-refractivity contribution in [3.8, 4) is 5.75 Å². The van der Waals surface area contributed by atoms with Crippen LogP contribution in [-0.2, 0) is 4.74 Å². The summed E-state index contributed by atoms with van der Waals surface area (Å²) in [7, 11) is 1.71. The predicted octanol–water partition coefficient (Wildman–Crippen LogP) is 1.58. The summed E-state index contributed by atoms with van der Waals surface area (Å²) in [6.45, 7) is 4.70. The van der Waals surface area contributed by atoms with Gasteiger partial charge in [-0.1, -0.05) is 12.1 Å². The van der Waals surface area contributed by atoms with Gasteiger partial charge in [0.15, 0.2) is 0 Å². The van der Waals surface area contributed by atoms with E-state index in [0.29, 0.717) is 19.3 Å². The molecular formula is C17H26N2O3. The second kappa shape index (κ2) is 6.86. The lowest BCUT2D eigenvalue weighted by Gasteiger charge is -2.45. The molecule has 2 fully saturated rings. The first-order valence-corrected chi connectivity index (χ1v) is 8.05. The average Bonchev–Trinajstić information content (AvgIpc) is 2.53. The summed E-state index contributed by atoms with van der Waals surface area (Å²) in [5, 5.41) is 13.1. The highest BCUT2D eigenvalue weighted by molar-refractivity contribution is 5.56. The first-order valence-electron chi connectivity index (χ1n) is 8.05. The normalized spacial score (nSPS) is 22.1. The quantitative estimate of drug-likeness (QED) is 0.836. The molecule has 5 nitrogen and oxygen atoms in total. The minimum Gasteiger partial charge on any atom is -0.495 e. The van der Waals surface area contributed by atoms with Crippen LogP contribution < -0.4 is 10.1 Å². The number of aliphatic hydroxyl groups excluding tert-OH is 1. The maximum atomic E-state index is 9.54. The van der Waals surface area contributed by atoms with Crippen LogP contribution in [0.5, 0.6) is 5.75 Å². The number of methoxy groups -OCH3 is 1. The lowest BCUT2D eigenvalue weighted by molar-refractivity contribution is -0.149. The van der Waals surface area contributed by atoms with Crippen LogP contribution >= 0.6 is 0 Å². The van der Waals surface area contributed by atoms with Crippen LogP contribution in [-0.4, -0.2) is 62.6 Å². The van der Waals surface area contributed by atoms with E-state index in [0.717, 1.165) is 43.9 Å². The Hall–Kier alpha value is -1.30. The zero-order valence-corrected chi connectivity index (χ0v) is 13.3. The summed E-state index contributed by atoms with van der Waals surface area (Å²) in [5.41, 5.74) is 1.06. The standard InChI is InChI=1S/C17H26N2O3/c1-21-16-5-3-2-4-15(16)18-14-6-8-19(9-7-14)10-17(11-20)12-22-13-17/h2-5,14,18,20H,6-13H2,1H3. The number of hydrogen-bond acceptors (Lipinski definition) is 5. The van der Waals surface area contributed by atoms with Crippen molar-refractivity contribution in [1.29, 1.82) is 0 Å². The molecule has 0 unspecified atom stereocenters. The molecule has 2 aliphatic rings. The van der Waals surface area contributed by atoms with Crippen LogP contribution in [0.15, 0.2) is 24.3 Å². The van der Waals surface area contributed by atoms with E-state index in [-0.39, 0.29) is 12.0 Å². The molecule has 1 aromatic rings. The van der Waals surface area contributed by atoms with Crippen LogP contribution in [0, 0.1) is 5.41 Å². The van der Waals surface area contributed by atoms with Crippen LogP contribution in [0.25, 0.3) is 0 Å². The van der Waals surface area contributed by atoms with E-state index >= 15 is 0 Å². The highest BCUT2D eigenvalue weighted by Crippen LogP contribution is 2.30. The molecule has 0 atom stereocenters. The van der Waals surface area contributed by atoms with Gasteiger partial charge in [0.1, 0.15) is 5.75 Å². The summed E-state index contributed by atoms with van der Waals surface area (Å²) in [6, 6.07) is 8.55. The number of benzene rings is 1. The van der Waals surface area contributed by atoms with Crippen molar-refractivity contribution in [1.82, 2.24) is 4.90 Å². The molecule has 2 N–H and O–H groups in total. The van der Waals surface area contributed by atoms with Gasteiger partial charge in [-0.15, -0.1) is 0 Å². The number of nitrogens with one attached hydrogen (secondary N) is 1. The van der Waals surface area contributed by atoms with Gasteiger partial charge in [-0.3, -0.25) is 0 Å². The number of piperidine rings is 1. The number of hydrogen-bond donors (Lipinski definition) is 2. The van der Waals surface area contributed by atoms with E-state index in [1.54, 1.807) is 7.11 Å². The Morgan fingerprint density at radius 3 is 2.64 bits per heavy atom. The first kappa shape index (κ1) is 15.6. The number of ether oxygens (including phenoxy) is 2. The molecule has 3 rings (SSSR count). The van der Waals surface area contributed by atoms with Crippen molar-refractivity contribution in [2.24, 2.45) is 5.41 Å². The number of aliphatic hydroxyl groups is 1. The Morgan fingerprint density at radius 1 is 1.32 bits per heavy atom. The van der Waals surface area contributed by atoms with Gasteiger partial charge in [0.2, 0.25) is 0 Å². The van der Waals surface area contributed by atoms with Crippen molar-refractivity contribution >= 4 is 5.69 Å². The SMILES string of the molecule is COc1ccccc1NC1CCN(CC2(CO)COC2)CC1. The van der Waals surface area contributed by atoms with E-state index < -0.39 is 0 Å². The molecule has 1 aromatic carbocycles. The predicted molar refractivity (Wildman–Crippen MR) is 86.4 cm³/mol. The third-order valence-electron chi connectivity index (χ3n) is 4.77. The molecular weight excluding hydrogens is 280 g/mol. The monoisotopic (exact) mass is 306 g/mol. The van der Waals surface area contributed by atoms with Gasteiger partial charge < -0.3 is 24.8 Å². The number of anilines is 1. The molecule has 2 saturated heterocycles. The topological polar surface area (TPSA) is 54.0 Å². The Bertz CT molecular complexity index is 477. The molecule has 2 aliphatic heterocycles. The van der Waals surface area contributed by atoms with Crippen molar-refractivity contribution in [2.45, 2.75) is 18.9 Å². The van der Waals surface area contributed by atoms with Gasteiger partial charge in [0.05, 0.1) is 38.0 Å². The molecule has 0 radical (unpaired) electrons. The summed E-state index contributed by atoms with van der Waals surface area (Å²) in [6.07, 6.45) is 2.22. The summed E-state index contributed by atoms with van der Waals surface area (Å²) >= 11 is 0. The molecule has 0 bridgehead atoms. The number of rotatable bonds is 6. The van der Waals surface area contributed by atoms with E-state index in [4.69, 9.17) is 9.47 Å². The molecule has 0 amide bonds. The van der Waals surface area contributed by atoms with Crippen molar-refractivity contribution in [2.75, 3.05) is 51.9 Å². The zero-order chi connectivity index (χ0) is 15.4. The number of likely N-dealkylation sites (tertiary alicyclic amines) is 1. The summed E-state index contributed by atoms with van der Waals surface area (Å²) < 4.78 is 10.7. The molecule has 122 valence electrons. The Morgan fingerprint density at radius 2 is 2.05 bits per heavy atom. The van der Waals surface area contributed by atoms with Crippen LogP contribution in [0.4, 0.5) is 5.69 Å². The zero-order valence-electron chi connectivity index (χ0n) is 13.3. The maximum absolute atomic E-state index is 9.54. The van der Waals surface area contributed by atoms with E-state index in [1.165, 1.54) is 0 Å². The minimum atomic E-state index is -0.0110. The van der Waals surface area contributed by atoms with Gasteiger partial charge in [-0.25, -0.2) is 0 Å². The fourth-order valence-electron chi connectivity index (χ4n) is 3.32. The molecule has 0 spiro atoms. The molecule has 0 aliphatic carbocycles. The Labute approximate surface area is 132 Å². The van der Waals surface area contributed by atoms with Crippen LogP contribution in [0.2, 0.25) is 0 Å². The smallest absolute Gasteiger partial charge is 0.141 e. The highest BCUT2D eigenvalue weighted by Gasteiger charge is 2.40. The Kier molecular flexibility index (Phi) is 4.86. The third kappa shape index (κ3) is 3.37. The lowest BCUT2D eigenvalue weighted by atomic mass is 9.85. The van der Waals surface area contributed by atoms with Gasteiger partial charge in [0.25, 0.3) is 0 Å². The number of nitrogens with zero attached hydrogens (tertiary/aromatic N) is 1. The average molecular weight is 306 g/mol. The first-order chi connectivity index (χ1) is 10.7. The molecule has 0 aromatic heterocycles. The summed E-state index contributed by atoms with van der Waals surface area (Å²) in [5.74, 6) is 0.899. The second-order valence-corrected chi connectivity index (χ2v) is 6.55. The highest BCUT2D eigenvalue weighted by atomic mass is 16.5. The minimum absolute atomic E-state index is 0.0110. The third-order valence-corrected chi connectivity index (χ3v) is 4.77. The lowest BCUT2D eigenvalue weighted by Crippen LogP contribution is -2.55. The van der Waals surface area contributed by atoms with Crippen molar-refractivity contribution < 1.29 is 14.6 Å². The maximum Gasteiger partial charge on any atom is 0.141 e. The van der Waals surface area contributed by atoms with Crippen LogP contribution in [0.1, 0.15) is 12.8 Å². The van der Waals surface area contributed by atoms with Gasteiger partial charge in [-0.2, -0.15) is 0 Å². The van der Waals surface area contributed by atoms with Crippen molar-refractivity contribution in [3.05, 3.63) is 24.3 Å². The summed E-state index contributed by atoms with van der Waals surface area (Å²) in [4.78, 5) is 2.46. The van der Waals surface area contributed by atoms with Crippen LogP contribution in [0.3, 0.4) is 0 Å². The Balaban J connectivity index is 1.49. The van der Waals surface area contributed by atoms with E-state index in [1.807, 2.05) is 18.2 Å². The van der Waals surface area contributed by atoms with Gasteiger partial charge in [-0.05, 0) is 25.0 Å². The second-order valence-electron chi connectivity index (χ2n) is 6.55. The number of para-hydroxylation sites is 2. The molecule has 2 heterocycles.